The van der Waals surface area contributed by atoms with Gasteiger partial charge in [-0.15, -0.1) is 0 Å². The van der Waals surface area contributed by atoms with Gasteiger partial charge >= 0.3 is 0 Å². The van der Waals surface area contributed by atoms with Crippen molar-refractivity contribution in [2.45, 2.75) is 13.8 Å². The predicted molar refractivity (Wildman–Crippen MR) is 117 cm³/mol. The zero-order valence-electron chi connectivity index (χ0n) is 16.5. The van der Waals surface area contributed by atoms with Gasteiger partial charge in [0.1, 0.15) is 5.69 Å². The summed E-state index contributed by atoms with van der Waals surface area (Å²) >= 11 is 0. The van der Waals surface area contributed by atoms with E-state index in [-0.39, 0.29) is 11.6 Å². The van der Waals surface area contributed by atoms with Crippen LogP contribution in [0.1, 0.15) is 29.9 Å². The molecule has 146 valence electrons. The van der Waals surface area contributed by atoms with Gasteiger partial charge in [-0.3, -0.25) is 9.78 Å². The van der Waals surface area contributed by atoms with Gasteiger partial charge in [-0.1, -0.05) is 6.07 Å². The van der Waals surface area contributed by atoms with Crippen LogP contribution in [0.3, 0.4) is 0 Å². The van der Waals surface area contributed by atoms with Crippen molar-refractivity contribution in [2.24, 2.45) is 0 Å². The maximum absolute atomic E-state index is 12.5. The summed E-state index contributed by atoms with van der Waals surface area (Å²) in [5, 5.41) is 15.1. The highest BCUT2D eigenvalue weighted by Crippen LogP contribution is 2.21. The molecular formula is C23H23N5O. The second-order valence-corrected chi connectivity index (χ2v) is 6.42. The fourth-order valence-corrected chi connectivity index (χ4v) is 3.01. The minimum absolute atomic E-state index is 0.289. The highest BCUT2D eigenvalue weighted by atomic mass is 16.1. The quantitative estimate of drug-likeness (QED) is 0.611. The lowest BCUT2D eigenvalue weighted by atomic mass is 10.2. The number of nitriles is 1. The van der Waals surface area contributed by atoms with Gasteiger partial charge in [-0.05, 0) is 68.4 Å². The summed E-state index contributed by atoms with van der Waals surface area (Å²) in [4.78, 5) is 18.9. The lowest BCUT2D eigenvalue weighted by molar-refractivity contribution is 0.102. The number of carbonyl (C=O) groups is 1. The van der Waals surface area contributed by atoms with Gasteiger partial charge < -0.3 is 15.5 Å². The first kappa shape index (κ1) is 19.9. The monoisotopic (exact) mass is 385 g/mol. The fraction of sp³-hybridized carbons (Fsp3) is 0.174. The van der Waals surface area contributed by atoms with E-state index in [0.717, 1.165) is 24.5 Å². The van der Waals surface area contributed by atoms with E-state index in [1.807, 2.05) is 18.2 Å². The summed E-state index contributed by atoms with van der Waals surface area (Å²) in [6, 6.07) is 20.5. The second-order valence-electron chi connectivity index (χ2n) is 6.42. The molecule has 0 bridgehead atoms. The molecule has 0 fully saturated rings. The summed E-state index contributed by atoms with van der Waals surface area (Å²) in [5.74, 6) is -0.333. The molecule has 1 aromatic heterocycles. The van der Waals surface area contributed by atoms with Gasteiger partial charge in [0.2, 0.25) is 0 Å². The van der Waals surface area contributed by atoms with Crippen molar-refractivity contribution < 1.29 is 4.79 Å². The third-order valence-electron chi connectivity index (χ3n) is 4.53. The van der Waals surface area contributed by atoms with E-state index in [4.69, 9.17) is 5.26 Å². The normalized spacial score (nSPS) is 10.1. The molecule has 0 atom stereocenters. The third-order valence-corrected chi connectivity index (χ3v) is 4.53. The first-order valence-electron chi connectivity index (χ1n) is 9.52. The number of nitrogens with one attached hydrogen (secondary N) is 2. The highest BCUT2D eigenvalue weighted by molar-refractivity contribution is 6.03. The van der Waals surface area contributed by atoms with Crippen molar-refractivity contribution in [1.82, 2.24) is 4.98 Å². The Bertz CT molecular complexity index is 1020. The van der Waals surface area contributed by atoms with Crippen LogP contribution in [0.15, 0.2) is 66.9 Å². The molecule has 3 aromatic rings. The van der Waals surface area contributed by atoms with Gasteiger partial charge in [0.15, 0.2) is 0 Å². The zero-order valence-corrected chi connectivity index (χ0v) is 16.5. The number of aromatic nitrogens is 1. The Morgan fingerprint density at radius 1 is 1.00 bits per heavy atom. The van der Waals surface area contributed by atoms with E-state index in [1.54, 1.807) is 36.5 Å². The van der Waals surface area contributed by atoms with Gasteiger partial charge in [-0.25, -0.2) is 0 Å². The van der Waals surface area contributed by atoms with E-state index < -0.39 is 0 Å². The number of anilines is 4. The maximum Gasteiger partial charge on any atom is 0.274 e. The molecular weight excluding hydrogens is 362 g/mol. The van der Waals surface area contributed by atoms with Crippen molar-refractivity contribution in [3.8, 4) is 6.07 Å². The smallest absolute Gasteiger partial charge is 0.274 e. The molecule has 1 heterocycles. The van der Waals surface area contributed by atoms with E-state index in [2.05, 4.69) is 52.6 Å². The largest absolute Gasteiger partial charge is 0.372 e. The maximum atomic E-state index is 12.5. The summed E-state index contributed by atoms with van der Waals surface area (Å²) in [6.07, 6.45) is 1.59. The van der Waals surface area contributed by atoms with Crippen molar-refractivity contribution in [3.63, 3.8) is 0 Å². The lowest BCUT2D eigenvalue weighted by Crippen LogP contribution is -2.21. The first-order chi connectivity index (χ1) is 14.1. The van der Waals surface area contributed by atoms with Crippen molar-refractivity contribution in [3.05, 3.63) is 78.1 Å². The van der Waals surface area contributed by atoms with Gasteiger partial charge in [0, 0.05) is 42.0 Å². The summed E-state index contributed by atoms with van der Waals surface area (Å²) < 4.78 is 0. The van der Waals surface area contributed by atoms with Crippen molar-refractivity contribution in [1.29, 1.82) is 5.26 Å². The fourth-order valence-electron chi connectivity index (χ4n) is 3.01. The molecule has 2 N–H and O–H groups in total. The Morgan fingerprint density at radius 3 is 2.45 bits per heavy atom. The number of benzene rings is 2. The van der Waals surface area contributed by atoms with Gasteiger partial charge in [0.05, 0.1) is 11.6 Å². The standard InChI is InChI=1S/C23H23N5O/c1-3-28(4-2)21-10-8-18(9-11-21)26-20-12-13-25-22(15-20)23(29)27-19-7-5-6-17(14-19)16-24/h5-15H,3-4H2,1-2H3,(H,25,26)(H,27,29). The summed E-state index contributed by atoms with van der Waals surface area (Å²) in [5.41, 5.74) is 4.21. The van der Waals surface area contributed by atoms with Crippen LogP contribution < -0.4 is 15.5 Å². The molecule has 1 amide bonds. The molecule has 0 saturated heterocycles. The average Bonchev–Trinajstić information content (AvgIpc) is 2.76. The Hall–Kier alpha value is -3.85. The minimum atomic E-state index is -0.333. The number of nitrogens with zero attached hydrogens (tertiary/aromatic N) is 3. The van der Waals surface area contributed by atoms with Gasteiger partial charge in [-0.2, -0.15) is 5.26 Å². The van der Waals surface area contributed by atoms with Crippen LogP contribution in [-0.4, -0.2) is 24.0 Å². The minimum Gasteiger partial charge on any atom is -0.372 e. The molecule has 6 heteroatoms. The highest BCUT2D eigenvalue weighted by Gasteiger charge is 2.09. The topological polar surface area (TPSA) is 81.1 Å². The molecule has 2 aromatic carbocycles. The molecule has 0 aliphatic carbocycles. The van der Waals surface area contributed by atoms with Crippen LogP contribution in [0.5, 0.6) is 0 Å². The van der Waals surface area contributed by atoms with Crippen LogP contribution in [0, 0.1) is 11.3 Å². The number of hydrogen-bond acceptors (Lipinski definition) is 5. The molecule has 6 nitrogen and oxygen atoms in total. The number of hydrogen-bond donors (Lipinski definition) is 2. The first-order valence-corrected chi connectivity index (χ1v) is 9.52. The second kappa shape index (κ2) is 9.38. The Labute approximate surface area is 170 Å². The summed E-state index contributed by atoms with van der Waals surface area (Å²) in [7, 11) is 0. The molecule has 0 aliphatic heterocycles. The van der Waals surface area contributed by atoms with E-state index in [0.29, 0.717) is 11.3 Å². The van der Waals surface area contributed by atoms with Crippen LogP contribution in [-0.2, 0) is 0 Å². The van der Waals surface area contributed by atoms with Crippen molar-refractivity contribution >= 4 is 28.7 Å². The van der Waals surface area contributed by atoms with Crippen LogP contribution in [0.4, 0.5) is 22.7 Å². The van der Waals surface area contributed by atoms with E-state index in [9.17, 15) is 4.79 Å². The number of amides is 1. The number of pyridine rings is 1. The Balaban J connectivity index is 1.70. The van der Waals surface area contributed by atoms with Crippen LogP contribution in [0.25, 0.3) is 0 Å². The number of carbonyl (C=O) groups excluding carboxylic acids is 1. The zero-order chi connectivity index (χ0) is 20.6. The van der Waals surface area contributed by atoms with Crippen LogP contribution >= 0.6 is 0 Å². The predicted octanol–water partition coefficient (Wildman–Crippen LogP) is 4.80. The van der Waals surface area contributed by atoms with E-state index in [1.165, 1.54) is 5.69 Å². The molecule has 29 heavy (non-hydrogen) atoms. The Kier molecular flexibility index (Phi) is 6.43. The molecule has 3 rings (SSSR count). The number of rotatable bonds is 7. The molecule has 0 saturated carbocycles. The van der Waals surface area contributed by atoms with E-state index >= 15 is 0 Å². The van der Waals surface area contributed by atoms with Gasteiger partial charge in [0.25, 0.3) is 5.91 Å². The average molecular weight is 385 g/mol. The molecule has 0 spiro atoms. The molecule has 0 radical (unpaired) electrons. The van der Waals surface area contributed by atoms with Crippen molar-refractivity contribution in [2.75, 3.05) is 28.6 Å². The molecule has 0 unspecified atom stereocenters. The Morgan fingerprint density at radius 2 is 1.76 bits per heavy atom. The lowest BCUT2D eigenvalue weighted by Gasteiger charge is -2.21. The summed E-state index contributed by atoms with van der Waals surface area (Å²) in [6.45, 7) is 6.19. The van der Waals surface area contributed by atoms with Crippen LogP contribution in [0.2, 0.25) is 0 Å². The SMILES string of the molecule is CCN(CC)c1ccc(Nc2ccnc(C(=O)Nc3cccc(C#N)c3)c2)cc1. The molecule has 0 aliphatic rings. The third kappa shape index (κ3) is 5.11.